The molecule has 166 valence electrons. The van der Waals surface area contributed by atoms with Gasteiger partial charge >= 0.3 is 0 Å². The summed E-state index contributed by atoms with van der Waals surface area (Å²) in [5.41, 5.74) is 0. The monoisotopic (exact) mass is 437 g/mol. The number of carbonyl (C=O) groups is 2. The van der Waals surface area contributed by atoms with E-state index in [4.69, 9.17) is 4.74 Å². The Bertz CT molecular complexity index is 835. The molecule has 1 aromatic carbocycles. The second-order valence-corrected chi connectivity index (χ2v) is 9.94. The van der Waals surface area contributed by atoms with Crippen LogP contribution in [0.25, 0.3) is 0 Å². The molecule has 1 saturated carbocycles. The van der Waals surface area contributed by atoms with Crippen molar-refractivity contribution >= 4 is 21.8 Å². The lowest BCUT2D eigenvalue weighted by molar-refractivity contribution is -0.129. The zero-order chi connectivity index (χ0) is 21.6. The van der Waals surface area contributed by atoms with Crippen molar-refractivity contribution in [2.45, 2.75) is 55.9 Å². The first kappa shape index (κ1) is 22.6. The summed E-state index contributed by atoms with van der Waals surface area (Å²) in [5, 5.41) is 5.65. The molecule has 2 N–H and O–H groups in total. The molecule has 1 atom stereocenters. The number of methoxy groups -OCH3 is 1. The molecule has 2 amide bonds. The van der Waals surface area contributed by atoms with E-state index < -0.39 is 15.9 Å². The number of piperidine rings is 1. The number of nitrogens with zero attached hydrogens (tertiary/aromatic N) is 1. The van der Waals surface area contributed by atoms with E-state index in [0.29, 0.717) is 25.1 Å². The molecule has 0 bridgehead atoms. The lowest BCUT2D eigenvalue weighted by Gasteiger charge is -2.31. The maximum absolute atomic E-state index is 12.9. The Balaban J connectivity index is 1.52. The first-order valence-corrected chi connectivity index (χ1v) is 12.1. The second-order valence-electron chi connectivity index (χ2n) is 8.00. The maximum Gasteiger partial charge on any atom is 0.243 e. The number of carbonyl (C=O) groups excluding carboxylic acids is 2. The second kappa shape index (κ2) is 10.3. The molecule has 0 radical (unpaired) electrons. The van der Waals surface area contributed by atoms with Crippen LogP contribution in [0.3, 0.4) is 0 Å². The van der Waals surface area contributed by atoms with Crippen LogP contribution in [-0.2, 0) is 19.6 Å². The van der Waals surface area contributed by atoms with Gasteiger partial charge in [0.05, 0.1) is 24.5 Å². The molecule has 3 rings (SSSR count). The molecule has 30 heavy (non-hydrogen) atoms. The fourth-order valence-corrected chi connectivity index (χ4v) is 5.63. The van der Waals surface area contributed by atoms with Gasteiger partial charge in [0.15, 0.2) is 0 Å². The van der Waals surface area contributed by atoms with Crippen molar-refractivity contribution < 1.29 is 22.7 Å². The van der Waals surface area contributed by atoms with E-state index in [1.165, 1.54) is 30.0 Å². The molecular formula is C21H31N3O5S. The Hall–Kier alpha value is -2.13. The van der Waals surface area contributed by atoms with Crippen LogP contribution < -0.4 is 15.4 Å². The third kappa shape index (κ3) is 5.72. The number of ether oxygens (including phenoxy) is 1. The molecular weight excluding hydrogens is 406 g/mol. The van der Waals surface area contributed by atoms with Crippen LogP contribution >= 0.6 is 0 Å². The first-order chi connectivity index (χ1) is 14.4. The zero-order valence-corrected chi connectivity index (χ0v) is 18.2. The van der Waals surface area contributed by atoms with Crippen LogP contribution in [0.5, 0.6) is 5.75 Å². The average Bonchev–Trinajstić information content (AvgIpc) is 2.78. The SMILES string of the molecule is COc1ccc(S(=O)(=O)N2CCC[C@H](C(=O)NCC(=O)NC3CCCCC3)C2)cc1. The highest BCUT2D eigenvalue weighted by Crippen LogP contribution is 2.25. The van der Waals surface area contributed by atoms with Crippen LogP contribution in [0.2, 0.25) is 0 Å². The molecule has 9 heteroatoms. The summed E-state index contributed by atoms with van der Waals surface area (Å²) >= 11 is 0. The van der Waals surface area contributed by atoms with E-state index in [0.717, 1.165) is 25.7 Å². The number of rotatable bonds is 7. The highest BCUT2D eigenvalue weighted by molar-refractivity contribution is 7.89. The summed E-state index contributed by atoms with van der Waals surface area (Å²) in [6.07, 6.45) is 6.63. The maximum atomic E-state index is 12.9. The Morgan fingerprint density at radius 2 is 1.77 bits per heavy atom. The highest BCUT2D eigenvalue weighted by Gasteiger charge is 2.33. The standard InChI is InChI=1S/C21H31N3O5S/c1-29-18-9-11-19(12-10-18)30(27,28)24-13-5-6-16(15-24)21(26)22-14-20(25)23-17-7-3-2-4-8-17/h9-12,16-17H,2-8,13-15H2,1H3,(H,22,26)(H,23,25)/t16-/m0/s1. The molecule has 8 nitrogen and oxygen atoms in total. The van der Waals surface area contributed by atoms with Gasteiger partial charge < -0.3 is 15.4 Å². The van der Waals surface area contributed by atoms with E-state index in [1.807, 2.05) is 0 Å². The van der Waals surface area contributed by atoms with E-state index in [9.17, 15) is 18.0 Å². The van der Waals surface area contributed by atoms with E-state index in [1.54, 1.807) is 12.1 Å². The van der Waals surface area contributed by atoms with Crippen molar-refractivity contribution in [2.75, 3.05) is 26.7 Å². The van der Waals surface area contributed by atoms with Crippen LogP contribution in [0.1, 0.15) is 44.9 Å². The van der Waals surface area contributed by atoms with E-state index in [-0.39, 0.29) is 35.8 Å². The molecule has 0 aromatic heterocycles. The Morgan fingerprint density at radius 3 is 2.43 bits per heavy atom. The number of hydrogen-bond donors (Lipinski definition) is 2. The predicted octanol–water partition coefficient (Wildman–Crippen LogP) is 1.66. The third-order valence-electron chi connectivity index (χ3n) is 5.85. The van der Waals surface area contributed by atoms with Crippen LogP contribution in [-0.4, -0.2) is 57.3 Å². The van der Waals surface area contributed by atoms with Gasteiger partial charge in [0, 0.05) is 19.1 Å². The molecule has 1 saturated heterocycles. The van der Waals surface area contributed by atoms with Crippen molar-refractivity contribution in [1.29, 1.82) is 0 Å². The fourth-order valence-electron chi connectivity index (χ4n) is 4.11. The Morgan fingerprint density at radius 1 is 1.07 bits per heavy atom. The average molecular weight is 438 g/mol. The zero-order valence-electron chi connectivity index (χ0n) is 17.4. The topological polar surface area (TPSA) is 105 Å². The van der Waals surface area contributed by atoms with Gasteiger partial charge in [0.1, 0.15) is 5.75 Å². The highest BCUT2D eigenvalue weighted by atomic mass is 32.2. The van der Waals surface area contributed by atoms with Crippen molar-refractivity contribution in [3.05, 3.63) is 24.3 Å². The summed E-state index contributed by atoms with van der Waals surface area (Å²) in [6, 6.07) is 6.42. The summed E-state index contributed by atoms with van der Waals surface area (Å²) in [7, 11) is -2.16. The predicted molar refractivity (Wildman–Crippen MR) is 113 cm³/mol. The van der Waals surface area contributed by atoms with Gasteiger partial charge in [-0.15, -0.1) is 0 Å². The van der Waals surface area contributed by atoms with E-state index >= 15 is 0 Å². The minimum Gasteiger partial charge on any atom is -0.497 e. The summed E-state index contributed by atoms with van der Waals surface area (Å²) in [4.78, 5) is 24.9. The number of amides is 2. The largest absolute Gasteiger partial charge is 0.497 e. The van der Waals surface area contributed by atoms with E-state index in [2.05, 4.69) is 10.6 Å². The van der Waals surface area contributed by atoms with Crippen LogP contribution in [0.4, 0.5) is 0 Å². The summed E-state index contributed by atoms with van der Waals surface area (Å²) in [5.74, 6) is -0.345. The fraction of sp³-hybridized carbons (Fsp3) is 0.619. The van der Waals surface area contributed by atoms with Gasteiger partial charge in [0.25, 0.3) is 0 Å². The Labute approximate surface area is 178 Å². The van der Waals surface area contributed by atoms with Gasteiger partial charge in [0.2, 0.25) is 21.8 Å². The first-order valence-electron chi connectivity index (χ1n) is 10.6. The molecule has 0 unspecified atom stereocenters. The Kier molecular flexibility index (Phi) is 7.71. The summed E-state index contributed by atoms with van der Waals surface area (Å²) < 4.78 is 32.3. The van der Waals surface area contributed by atoms with Gasteiger partial charge in [-0.1, -0.05) is 19.3 Å². The smallest absolute Gasteiger partial charge is 0.243 e. The molecule has 1 aliphatic heterocycles. The van der Waals surface area contributed by atoms with Gasteiger partial charge in [-0.3, -0.25) is 9.59 Å². The van der Waals surface area contributed by atoms with Crippen molar-refractivity contribution in [2.24, 2.45) is 5.92 Å². The number of sulfonamides is 1. The molecule has 0 spiro atoms. The lowest BCUT2D eigenvalue weighted by Crippen LogP contribution is -2.48. The minimum absolute atomic E-state index is 0.0724. The van der Waals surface area contributed by atoms with Gasteiger partial charge in [-0.2, -0.15) is 4.31 Å². The van der Waals surface area contributed by atoms with Crippen molar-refractivity contribution in [1.82, 2.24) is 14.9 Å². The summed E-state index contributed by atoms with van der Waals surface area (Å²) in [6.45, 7) is 0.418. The molecule has 2 fully saturated rings. The number of benzene rings is 1. The normalized spacial score (nSPS) is 21.0. The van der Waals surface area contributed by atoms with Crippen LogP contribution in [0, 0.1) is 5.92 Å². The quantitative estimate of drug-likeness (QED) is 0.675. The van der Waals surface area contributed by atoms with Gasteiger partial charge in [-0.05, 0) is 49.9 Å². The molecule has 1 aromatic rings. The van der Waals surface area contributed by atoms with Gasteiger partial charge in [-0.25, -0.2) is 8.42 Å². The lowest BCUT2D eigenvalue weighted by atomic mass is 9.95. The van der Waals surface area contributed by atoms with Crippen LogP contribution in [0.15, 0.2) is 29.2 Å². The van der Waals surface area contributed by atoms with Crippen molar-refractivity contribution in [3.8, 4) is 5.75 Å². The molecule has 2 aliphatic rings. The molecule has 1 heterocycles. The molecule has 1 aliphatic carbocycles. The van der Waals surface area contributed by atoms with Crippen molar-refractivity contribution in [3.63, 3.8) is 0 Å². The number of hydrogen-bond acceptors (Lipinski definition) is 5. The number of nitrogens with one attached hydrogen (secondary N) is 2. The minimum atomic E-state index is -3.69. The third-order valence-corrected chi connectivity index (χ3v) is 7.72.